The molecule has 2 rings (SSSR count). The van der Waals surface area contributed by atoms with E-state index in [0.29, 0.717) is 17.2 Å². The van der Waals surface area contributed by atoms with E-state index in [9.17, 15) is 9.90 Å². The van der Waals surface area contributed by atoms with E-state index in [0.717, 1.165) is 0 Å². The zero-order valence-corrected chi connectivity index (χ0v) is 12.0. The van der Waals surface area contributed by atoms with Gasteiger partial charge in [-0.25, -0.2) is 14.8 Å². The van der Waals surface area contributed by atoms with Crippen LogP contribution in [0.2, 0.25) is 0 Å². The average molecular weight is 303 g/mol. The summed E-state index contributed by atoms with van der Waals surface area (Å²) in [5, 5.41) is 27.4. The number of anilines is 1. The van der Waals surface area contributed by atoms with Crippen molar-refractivity contribution in [1.29, 1.82) is 0 Å². The van der Waals surface area contributed by atoms with Crippen LogP contribution in [-0.4, -0.2) is 57.6 Å². The fraction of sp³-hybridized carbons (Fsp3) is 0.267. The maximum Gasteiger partial charge on any atom is 0.335 e. The Kier molecular flexibility index (Phi) is 5.03. The minimum absolute atomic E-state index is 0.163. The van der Waals surface area contributed by atoms with Crippen LogP contribution in [0.4, 0.5) is 5.82 Å². The molecule has 2 aromatic rings. The second-order valence-electron chi connectivity index (χ2n) is 4.84. The van der Waals surface area contributed by atoms with Gasteiger partial charge >= 0.3 is 5.97 Å². The van der Waals surface area contributed by atoms with Crippen LogP contribution in [0.15, 0.2) is 36.5 Å². The molecule has 3 N–H and O–H groups in total. The third-order valence-corrected chi connectivity index (χ3v) is 3.10. The van der Waals surface area contributed by atoms with Crippen LogP contribution < -0.4 is 4.90 Å². The highest BCUT2D eigenvalue weighted by Gasteiger charge is 2.11. The molecule has 0 saturated heterocycles. The van der Waals surface area contributed by atoms with E-state index in [2.05, 4.69) is 9.97 Å². The Labute approximate surface area is 127 Å². The van der Waals surface area contributed by atoms with E-state index in [1.54, 1.807) is 36.3 Å². The minimum atomic E-state index is -1.01. The molecular weight excluding hydrogens is 286 g/mol. The molecule has 0 spiro atoms. The quantitative estimate of drug-likeness (QED) is 0.718. The van der Waals surface area contributed by atoms with Gasteiger partial charge in [0.2, 0.25) is 0 Å². The van der Waals surface area contributed by atoms with Gasteiger partial charge in [0.15, 0.2) is 5.82 Å². The zero-order chi connectivity index (χ0) is 16.1. The highest BCUT2D eigenvalue weighted by molar-refractivity contribution is 5.89. The predicted octanol–water partition coefficient (Wildman–Crippen LogP) is 0.631. The fourth-order valence-corrected chi connectivity index (χ4v) is 1.96. The van der Waals surface area contributed by atoms with Gasteiger partial charge in [0, 0.05) is 25.4 Å². The Bertz CT molecular complexity index is 663. The Morgan fingerprint density at radius 2 is 2.14 bits per heavy atom. The summed E-state index contributed by atoms with van der Waals surface area (Å²) < 4.78 is 0. The number of likely N-dealkylation sites (N-methyl/N-ethyl adjacent to an activating group) is 1. The maximum atomic E-state index is 11.0. The van der Waals surface area contributed by atoms with Crippen LogP contribution in [0.25, 0.3) is 11.4 Å². The lowest BCUT2D eigenvalue weighted by Gasteiger charge is -2.20. The average Bonchev–Trinajstić information content (AvgIpc) is 2.54. The van der Waals surface area contributed by atoms with E-state index in [1.807, 2.05) is 0 Å². The van der Waals surface area contributed by atoms with Crippen molar-refractivity contribution in [2.75, 3.05) is 25.1 Å². The van der Waals surface area contributed by atoms with Gasteiger partial charge in [-0.05, 0) is 18.2 Å². The fourth-order valence-electron chi connectivity index (χ4n) is 1.96. The lowest BCUT2D eigenvalue weighted by atomic mass is 10.1. The first kappa shape index (κ1) is 15.9. The molecule has 0 bridgehead atoms. The standard InChI is InChI=1S/C15H17N3O4/c1-18(8-12(20)9-19)13-5-6-16-14(17-13)10-3-2-4-11(7-10)15(21)22/h2-7,12,19-20H,8-9H2,1H3,(H,21,22)/t12-/m1/s1. The second kappa shape index (κ2) is 6.97. The van der Waals surface area contributed by atoms with Crippen LogP contribution in [0.3, 0.4) is 0 Å². The van der Waals surface area contributed by atoms with Crippen molar-refractivity contribution in [1.82, 2.24) is 9.97 Å². The van der Waals surface area contributed by atoms with Gasteiger partial charge in [-0.15, -0.1) is 0 Å². The third-order valence-electron chi connectivity index (χ3n) is 3.10. The molecule has 116 valence electrons. The summed E-state index contributed by atoms with van der Waals surface area (Å²) >= 11 is 0. The van der Waals surface area contributed by atoms with Crippen LogP contribution in [0.1, 0.15) is 10.4 Å². The van der Waals surface area contributed by atoms with E-state index >= 15 is 0 Å². The molecule has 0 fully saturated rings. The SMILES string of the molecule is CN(C[C@@H](O)CO)c1ccnc(-c2cccc(C(=O)O)c2)n1. The van der Waals surface area contributed by atoms with Gasteiger partial charge in [-0.3, -0.25) is 0 Å². The van der Waals surface area contributed by atoms with Gasteiger partial charge in [0.1, 0.15) is 5.82 Å². The van der Waals surface area contributed by atoms with Crippen molar-refractivity contribution in [2.45, 2.75) is 6.10 Å². The summed E-state index contributed by atoms with van der Waals surface area (Å²) in [7, 11) is 1.73. The van der Waals surface area contributed by atoms with E-state index in [-0.39, 0.29) is 18.7 Å². The number of hydrogen-bond acceptors (Lipinski definition) is 6. The summed E-state index contributed by atoms with van der Waals surface area (Å²) in [5.74, 6) is -0.0506. The van der Waals surface area contributed by atoms with Crippen molar-refractivity contribution in [3.63, 3.8) is 0 Å². The zero-order valence-electron chi connectivity index (χ0n) is 12.0. The predicted molar refractivity (Wildman–Crippen MR) is 80.8 cm³/mol. The first-order valence-corrected chi connectivity index (χ1v) is 6.68. The number of carboxylic acid groups (broad SMARTS) is 1. The number of aliphatic hydroxyl groups is 2. The summed E-state index contributed by atoms with van der Waals surface area (Å²) in [6.45, 7) is -0.106. The highest BCUT2D eigenvalue weighted by atomic mass is 16.4. The number of aromatic carboxylic acids is 1. The number of carbonyl (C=O) groups is 1. The van der Waals surface area contributed by atoms with E-state index in [4.69, 9.17) is 10.2 Å². The normalized spacial score (nSPS) is 12.0. The topological polar surface area (TPSA) is 107 Å². The molecule has 7 heteroatoms. The first-order valence-electron chi connectivity index (χ1n) is 6.68. The van der Waals surface area contributed by atoms with Crippen molar-refractivity contribution in [2.24, 2.45) is 0 Å². The molecule has 0 aliphatic carbocycles. The van der Waals surface area contributed by atoms with Gasteiger partial charge in [-0.2, -0.15) is 0 Å². The maximum absolute atomic E-state index is 11.0. The molecule has 0 amide bonds. The smallest absolute Gasteiger partial charge is 0.335 e. The molecule has 1 atom stereocenters. The number of benzene rings is 1. The number of aliphatic hydroxyl groups excluding tert-OH is 2. The van der Waals surface area contributed by atoms with Gasteiger partial charge in [0.25, 0.3) is 0 Å². The van der Waals surface area contributed by atoms with Crippen molar-refractivity contribution in [3.8, 4) is 11.4 Å². The lowest BCUT2D eigenvalue weighted by molar-refractivity contribution is 0.0697. The van der Waals surface area contributed by atoms with Crippen LogP contribution in [0, 0.1) is 0 Å². The van der Waals surface area contributed by atoms with Crippen LogP contribution >= 0.6 is 0 Å². The van der Waals surface area contributed by atoms with Gasteiger partial charge < -0.3 is 20.2 Å². The molecule has 0 radical (unpaired) electrons. The Morgan fingerprint density at radius 1 is 1.36 bits per heavy atom. The summed E-state index contributed by atoms with van der Waals surface area (Å²) in [4.78, 5) is 21.2. The number of aromatic nitrogens is 2. The van der Waals surface area contributed by atoms with Crippen LogP contribution in [-0.2, 0) is 0 Å². The third kappa shape index (κ3) is 3.78. The molecule has 0 aliphatic rings. The number of hydrogen-bond donors (Lipinski definition) is 3. The van der Waals surface area contributed by atoms with Crippen molar-refractivity contribution < 1.29 is 20.1 Å². The Balaban J connectivity index is 2.28. The molecule has 0 aliphatic heterocycles. The summed E-state index contributed by atoms with van der Waals surface area (Å²) in [6.07, 6.45) is 0.700. The van der Waals surface area contributed by atoms with E-state index < -0.39 is 12.1 Å². The number of carboxylic acids is 1. The van der Waals surface area contributed by atoms with Gasteiger partial charge in [0.05, 0.1) is 18.3 Å². The highest BCUT2D eigenvalue weighted by Crippen LogP contribution is 2.19. The molecule has 1 aromatic heterocycles. The van der Waals surface area contributed by atoms with Gasteiger partial charge in [-0.1, -0.05) is 12.1 Å². The molecule has 0 unspecified atom stereocenters. The van der Waals surface area contributed by atoms with E-state index in [1.165, 1.54) is 12.1 Å². The van der Waals surface area contributed by atoms with Crippen molar-refractivity contribution >= 4 is 11.8 Å². The van der Waals surface area contributed by atoms with Crippen LogP contribution in [0.5, 0.6) is 0 Å². The number of rotatable bonds is 6. The second-order valence-corrected chi connectivity index (χ2v) is 4.84. The molecule has 1 heterocycles. The molecule has 1 aromatic carbocycles. The molecule has 7 nitrogen and oxygen atoms in total. The summed E-state index contributed by atoms with van der Waals surface area (Å²) in [5.41, 5.74) is 0.758. The Morgan fingerprint density at radius 3 is 2.82 bits per heavy atom. The minimum Gasteiger partial charge on any atom is -0.478 e. The monoisotopic (exact) mass is 303 g/mol. The molecule has 22 heavy (non-hydrogen) atoms. The largest absolute Gasteiger partial charge is 0.478 e. The van der Waals surface area contributed by atoms with Crippen molar-refractivity contribution in [3.05, 3.63) is 42.1 Å². The Hall–Kier alpha value is -2.51. The molecular formula is C15H17N3O4. The molecule has 0 saturated carbocycles. The summed E-state index contributed by atoms with van der Waals surface area (Å²) in [6, 6.07) is 8.04. The number of nitrogens with zero attached hydrogens (tertiary/aromatic N) is 3. The first-order chi connectivity index (χ1) is 10.5. The lowest BCUT2D eigenvalue weighted by Crippen LogP contribution is -2.31.